The Morgan fingerprint density at radius 2 is 2.00 bits per heavy atom. The Morgan fingerprint density at radius 1 is 1.19 bits per heavy atom. The Morgan fingerprint density at radius 3 is 2.74 bits per heavy atom. The Balaban J connectivity index is 1.83. The molecular weight excluding hydrogens is 397 g/mol. The second-order valence-electron chi connectivity index (χ2n) is 7.51. The number of aryl methyl sites for hydroxylation is 1. The molecule has 3 heterocycles. The van der Waals surface area contributed by atoms with E-state index in [4.69, 9.17) is 15.5 Å². The number of halogens is 1. The van der Waals surface area contributed by atoms with Gasteiger partial charge in [0.1, 0.15) is 22.7 Å². The van der Waals surface area contributed by atoms with Gasteiger partial charge in [-0.25, -0.2) is 9.37 Å². The molecule has 31 heavy (non-hydrogen) atoms. The third-order valence-electron chi connectivity index (χ3n) is 5.71. The van der Waals surface area contributed by atoms with Crippen LogP contribution in [-0.4, -0.2) is 46.7 Å². The summed E-state index contributed by atoms with van der Waals surface area (Å²) in [6.07, 6.45) is 2.21. The number of imidazole rings is 1. The van der Waals surface area contributed by atoms with Gasteiger partial charge < -0.3 is 15.4 Å². The van der Waals surface area contributed by atoms with Crippen LogP contribution in [0.5, 0.6) is 0 Å². The monoisotopic (exact) mass is 419 g/mol. The third-order valence-corrected chi connectivity index (χ3v) is 5.71. The Bertz CT molecular complexity index is 1310. The molecule has 1 amide bonds. The van der Waals surface area contributed by atoms with Gasteiger partial charge in [-0.15, -0.1) is 0 Å². The number of nitrogens with zero attached hydrogens (tertiary/aromatic N) is 4. The van der Waals surface area contributed by atoms with Crippen molar-refractivity contribution in [2.24, 2.45) is 5.73 Å². The number of pyridine rings is 1. The fourth-order valence-corrected chi connectivity index (χ4v) is 4.23. The van der Waals surface area contributed by atoms with Crippen LogP contribution < -0.4 is 10.6 Å². The molecular formula is C23H22FN5O2. The van der Waals surface area contributed by atoms with Crippen molar-refractivity contribution >= 4 is 33.5 Å². The topological polar surface area (TPSA) is 86.3 Å². The van der Waals surface area contributed by atoms with Crippen LogP contribution in [-0.2, 0) is 11.2 Å². The average molecular weight is 419 g/mol. The van der Waals surface area contributed by atoms with Crippen LogP contribution in [0.3, 0.4) is 0 Å². The Labute approximate surface area is 178 Å². The number of rotatable bonds is 4. The second-order valence-corrected chi connectivity index (χ2v) is 7.51. The number of hydrogen-bond donors (Lipinski definition) is 1. The number of carbonyl (C=O) groups excluding carboxylic acids is 1. The molecule has 2 aromatic heterocycles. The zero-order valence-corrected chi connectivity index (χ0v) is 17.1. The normalized spacial score (nSPS) is 14.5. The maximum absolute atomic E-state index is 14.4. The lowest BCUT2D eigenvalue weighted by Crippen LogP contribution is -2.36. The van der Waals surface area contributed by atoms with E-state index >= 15 is 0 Å². The minimum Gasteiger partial charge on any atom is -0.378 e. The van der Waals surface area contributed by atoms with Crippen molar-refractivity contribution in [1.82, 2.24) is 14.5 Å². The molecule has 5 rings (SSSR count). The molecule has 0 saturated carbocycles. The van der Waals surface area contributed by atoms with Gasteiger partial charge in [-0.05, 0) is 24.3 Å². The highest BCUT2D eigenvalue weighted by molar-refractivity contribution is 6.06. The number of anilines is 1. The van der Waals surface area contributed by atoms with Crippen LogP contribution in [0.2, 0.25) is 0 Å². The molecule has 7 nitrogen and oxygen atoms in total. The van der Waals surface area contributed by atoms with E-state index in [2.05, 4.69) is 9.88 Å². The number of nitrogens with two attached hydrogens (primary N) is 1. The number of ether oxygens (including phenoxy) is 1. The number of carbonyl (C=O) groups is 1. The highest BCUT2D eigenvalue weighted by Crippen LogP contribution is 2.32. The number of fused-ring (bicyclic) bond motifs is 2. The molecule has 2 N–H and O–H groups in total. The van der Waals surface area contributed by atoms with Crippen LogP contribution in [0, 0.1) is 5.82 Å². The molecule has 0 bridgehead atoms. The average Bonchev–Trinajstić information content (AvgIpc) is 3.17. The summed E-state index contributed by atoms with van der Waals surface area (Å²) >= 11 is 0. The van der Waals surface area contributed by atoms with Crippen molar-refractivity contribution in [2.45, 2.75) is 13.3 Å². The van der Waals surface area contributed by atoms with E-state index < -0.39 is 5.91 Å². The van der Waals surface area contributed by atoms with Crippen molar-refractivity contribution in [1.29, 1.82) is 0 Å². The number of primary amides is 1. The summed E-state index contributed by atoms with van der Waals surface area (Å²) in [6.45, 7) is 4.69. The Hall–Kier alpha value is -3.52. The minimum atomic E-state index is -0.530. The molecule has 0 unspecified atom stereocenters. The smallest absolute Gasteiger partial charge is 0.251 e. The molecule has 8 heteroatoms. The van der Waals surface area contributed by atoms with Crippen molar-refractivity contribution in [3.8, 4) is 5.69 Å². The molecule has 0 atom stereocenters. The number of amides is 1. The van der Waals surface area contributed by atoms with Gasteiger partial charge in [0.15, 0.2) is 0 Å². The molecule has 1 saturated heterocycles. The predicted octanol–water partition coefficient (Wildman–Crippen LogP) is 3.21. The molecule has 0 spiro atoms. The lowest BCUT2D eigenvalue weighted by atomic mass is 10.1. The van der Waals surface area contributed by atoms with E-state index in [1.807, 2.05) is 29.7 Å². The van der Waals surface area contributed by atoms with E-state index in [-0.39, 0.29) is 5.82 Å². The summed E-state index contributed by atoms with van der Waals surface area (Å²) in [7, 11) is 0. The molecule has 1 aliphatic rings. The standard InChI is InChI=1S/C23H22FN5O2/c1-2-20-27-22-16(23(25)30)12-14(28-8-10-31-11-9-28)13-19(22)29(20)18-6-7-26-21-15(18)4-3-5-17(21)24/h3-7,12-13H,2,8-11H2,1H3,(H2,25,30). The number of benzene rings is 2. The number of morpholine rings is 1. The molecule has 4 aromatic rings. The van der Waals surface area contributed by atoms with E-state index in [0.29, 0.717) is 41.6 Å². The highest BCUT2D eigenvalue weighted by Gasteiger charge is 2.22. The maximum atomic E-state index is 14.4. The summed E-state index contributed by atoms with van der Waals surface area (Å²) in [5.74, 6) is -0.153. The van der Waals surface area contributed by atoms with Crippen LogP contribution >= 0.6 is 0 Å². The van der Waals surface area contributed by atoms with Gasteiger partial charge in [0.05, 0.1) is 30.0 Å². The quantitative estimate of drug-likeness (QED) is 0.549. The van der Waals surface area contributed by atoms with Gasteiger partial charge in [-0.1, -0.05) is 19.1 Å². The Kier molecular flexibility index (Phi) is 4.78. The molecule has 158 valence electrons. The summed E-state index contributed by atoms with van der Waals surface area (Å²) in [5.41, 5.74) is 9.35. The summed E-state index contributed by atoms with van der Waals surface area (Å²) in [6, 6.07) is 10.6. The SMILES string of the molecule is CCc1nc2c(C(N)=O)cc(N3CCOCC3)cc2n1-c1ccnc2c(F)cccc12. The fraction of sp³-hybridized carbons (Fsp3) is 0.261. The number of hydrogen-bond acceptors (Lipinski definition) is 5. The molecule has 0 radical (unpaired) electrons. The molecule has 2 aromatic carbocycles. The second kappa shape index (κ2) is 7.63. The summed E-state index contributed by atoms with van der Waals surface area (Å²) in [5, 5.41) is 0.675. The largest absolute Gasteiger partial charge is 0.378 e. The maximum Gasteiger partial charge on any atom is 0.251 e. The highest BCUT2D eigenvalue weighted by atomic mass is 19.1. The van der Waals surface area contributed by atoms with Crippen LogP contribution in [0.1, 0.15) is 23.1 Å². The van der Waals surface area contributed by atoms with Crippen molar-refractivity contribution in [2.75, 3.05) is 31.2 Å². The van der Waals surface area contributed by atoms with Crippen LogP contribution in [0.25, 0.3) is 27.6 Å². The third kappa shape index (κ3) is 3.19. The lowest BCUT2D eigenvalue weighted by molar-refractivity contribution is 0.100. The van der Waals surface area contributed by atoms with Gasteiger partial charge in [-0.3, -0.25) is 14.3 Å². The van der Waals surface area contributed by atoms with Crippen molar-refractivity contribution in [3.05, 3.63) is 59.8 Å². The van der Waals surface area contributed by atoms with E-state index in [0.717, 1.165) is 35.8 Å². The summed E-state index contributed by atoms with van der Waals surface area (Å²) < 4.78 is 21.9. The zero-order chi connectivity index (χ0) is 21.5. The number of aromatic nitrogens is 3. The summed E-state index contributed by atoms with van der Waals surface area (Å²) in [4.78, 5) is 23.5. The molecule has 1 aliphatic heterocycles. The minimum absolute atomic E-state index is 0.295. The first-order chi connectivity index (χ1) is 15.1. The first-order valence-electron chi connectivity index (χ1n) is 10.3. The fourth-order valence-electron chi connectivity index (χ4n) is 4.23. The van der Waals surface area contributed by atoms with Crippen LogP contribution in [0.4, 0.5) is 10.1 Å². The van der Waals surface area contributed by atoms with Gasteiger partial charge >= 0.3 is 0 Å². The predicted molar refractivity (Wildman–Crippen MR) is 117 cm³/mol. The molecule has 1 fully saturated rings. The van der Waals surface area contributed by atoms with Gasteiger partial charge in [0.25, 0.3) is 5.91 Å². The van der Waals surface area contributed by atoms with Crippen LogP contribution in [0.15, 0.2) is 42.6 Å². The first kappa shape index (κ1) is 19.4. The zero-order valence-electron chi connectivity index (χ0n) is 17.1. The van der Waals surface area contributed by atoms with E-state index in [9.17, 15) is 9.18 Å². The van der Waals surface area contributed by atoms with E-state index in [1.54, 1.807) is 18.3 Å². The van der Waals surface area contributed by atoms with E-state index in [1.165, 1.54) is 6.07 Å². The lowest BCUT2D eigenvalue weighted by Gasteiger charge is -2.29. The van der Waals surface area contributed by atoms with Crippen molar-refractivity contribution < 1.29 is 13.9 Å². The van der Waals surface area contributed by atoms with Gasteiger partial charge in [-0.2, -0.15) is 0 Å². The number of para-hydroxylation sites is 1. The van der Waals surface area contributed by atoms with Gasteiger partial charge in [0, 0.05) is 36.8 Å². The van der Waals surface area contributed by atoms with Crippen molar-refractivity contribution in [3.63, 3.8) is 0 Å². The molecule has 0 aliphatic carbocycles. The first-order valence-corrected chi connectivity index (χ1v) is 10.3. The van der Waals surface area contributed by atoms with Gasteiger partial charge in [0.2, 0.25) is 0 Å².